The van der Waals surface area contributed by atoms with Gasteiger partial charge in [0.15, 0.2) is 17.9 Å². The molecule has 0 saturated carbocycles. The molecule has 1 rings (SSSR count). The molecule has 0 aromatic heterocycles. The fourth-order valence-corrected chi connectivity index (χ4v) is 2.59. The number of rotatable bonds is 2. The maximum atomic E-state index is 13.4. The van der Waals surface area contributed by atoms with E-state index in [-0.39, 0.29) is 5.56 Å². The van der Waals surface area contributed by atoms with Crippen molar-refractivity contribution in [2.24, 2.45) is 0 Å². The zero-order chi connectivity index (χ0) is 10.9. The SMILES string of the molecule is C[Si](C)(C)c1ccc(C=O)c(F)c1F. The van der Waals surface area contributed by atoms with Crippen LogP contribution >= 0.6 is 0 Å². The predicted molar refractivity (Wildman–Crippen MR) is 54.7 cm³/mol. The number of aldehydes is 1. The number of benzene rings is 1. The number of hydrogen-bond acceptors (Lipinski definition) is 1. The standard InChI is InChI=1S/C10H12F2OSi/c1-14(2,3)8-5-4-7(6-13)9(11)10(8)12/h4-6H,1-3H3. The highest BCUT2D eigenvalue weighted by Gasteiger charge is 2.24. The Morgan fingerprint density at radius 2 is 1.71 bits per heavy atom. The first-order valence-corrected chi connectivity index (χ1v) is 7.81. The van der Waals surface area contributed by atoms with Gasteiger partial charge in [0.2, 0.25) is 0 Å². The number of carbonyl (C=O) groups excluding carboxylic acids is 1. The number of carbonyl (C=O) groups is 1. The highest BCUT2D eigenvalue weighted by Crippen LogP contribution is 2.12. The summed E-state index contributed by atoms with van der Waals surface area (Å²) in [6.45, 7) is 5.77. The van der Waals surface area contributed by atoms with Gasteiger partial charge in [-0.1, -0.05) is 25.7 Å². The van der Waals surface area contributed by atoms with Crippen molar-refractivity contribution in [3.8, 4) is 0 Å². The summed E-state index contributed by atoms with van der Waals surface area (Å²) < 4.78 is 26.7. The summed E-state index contributed by atoms with van der Waals surface area (Å²) in [5, 5.41) is 0.417. The summed E-state index contributed by atoms with van der Waals surface area (Å²) in [5.74, 6) is -1.89. The molecule has 0 aliphatic heterocycles. The van der Waals surface area contributed by atoms with Crippen LogP contribution in [0, 0.1) is 11.6 Å². The average Bonchev–Trinajstić information content (AvgIpc) is 2.07. The highest BCUT2D eigenvalue weighted by atomic mass is 28.3. The van der Waals surface area contributed by atoms with Gasteiger partial charge in [0.05, 0.1) is 13.6 Å². The molecular formula is C10H12F2OSi. The van der Waals surface area contributed by atoms with Crippen LogP contribution in [0.1, 0.15) is 10.4 Å². The van der Waals surface area contributed by atoms with Gasteiger partial charge in [0.25, 0.3) is 0 Å². The molecule has 76 valence electrons. The first-order valence-electron chi connectivity index (χ1n) is 4.31. The van der Waals surface area contributed by atoms with Crippen molar-refractivity contribution in [3.63, 3.8) is 0 Å². The van der Waals surface area contributed by atoms with Crippen LogP contribution in [-0.2, 0) is 0 Å². The van der Waals surface area contributed by atoms with Crippen LogP contribution in [0.4, 0.5) is 8.78 Å². The van der Waals surface area contributed by atoms with E-state index in [4.69, 9.17) is 0 Å². The third kappa shape index (κ3) is 1.90. The molecule has 0 fully saturated rings. The van der Waals surface area contributed by atoms with Crippen molar-refractivity contribution >= 4 is 19.5 Å². The van der Waals surface area contributed by atoms with Crippen LogP contribution < -0.4 is 5.19 Å². The Labute approximate surface area is 82.8 Å². The Morgan fingerprint density at radius 3 is 2.14 bits per heavy atom. The topological polar surface area (TPSA) is 17.1 Å². The van der Waals surface area contributed by atoms with Crippen LogP contribution in [0.15, 0.2) is 12.1 Å². The van der Waals surface area contributed by atoms with Gasteiger partial charge in [-0.15, -0.1) is 0 Å². The highest BCUT2D eigenvalue weighted by molar-refractivity contribution is 6.88. The van der Waals surface area contributed by atoms with E-state index in [1.54, 1.807) is 0 Å². The van der Waals surface area contributed by atoms with Crippen LogP contribution in [-0.4, -0.2) is 14.4 Å². The average molecular weight is 214 g/mol. The quantitative estimate of drug-likeness (QED) is 0.545. The van der Waals surface area contributed by atoms with Crippen molar-refractivity contribution in [1.82, 2.24) is 0 Å². The van der Waals surface area contributed by atoms with E-state index in [2.05, 4.69) is 0 Å². The van der Waals surface area contributed by atoms with E-state index < -0.39 is 19.7 Å². The third-order valence-corrected chi connectivity index (χ3v) is 4.05. The second kappa shape index (κ2) is 3.61. The van der Waals surface area contributed by atoms with Crippen molar-refractivity contribution < 1.29 is 13.6 Å². The summed E-state index contributed by atoms with van der Waals surface area (Å²) in [4.78, 5) is 10.3. The minimum Gasteiger partial charge on any atom is -0.298 e. The van der Waals surface area contributed by atoms with Crippen LogP contribution in [0.25, 0.3) is 0 Å². The lowest BCUT2D eigenvalue weighted by molar-refractivity contribution is 0.111. The molecule has 14 heavy (non-hydrogen) atoms. The van der Waals surface area contributed by atoms with E-state index in [0.29, 0.717) is 11.5 Å². The Kier molecular flexibility index (Phi) is 2.85. The molecule has 0 bridgehead atoms. The van der Waals surface area contributed by atoms with E-state index in [1.807, 2.05) is 19.6 Å². The zero-order valence-corrected chi connectivity index (χ0v) is 9.40. The third-order valence-electron chi connectivity index (χ3n) is 2.05. The normalized spacial score (nSPS) is 11.5. The van der Waals surface area contributed by atoms with Crippen molar-refractivity contribution in [3.05, 3.63) is 29.3 Å². The van der Waals surface area contributed by atoms with Crippen molar-refractivity contribution in [2.45, 2.75) is 19.6 Å². The molecule has 0 heterocycles. The molecular weight excluding hydrogens is 202 g/mol. The molecule has 0 saturated heterocycles. The molecule has 0 aliphatic rings. The molecule has 0 radical (unpaired) electrons. The van der Waals surface area contributed by atoms with Gasteiger partial charge in [-0.2, -0.15) is 0 Å². The molecule has 4 heteroatoms. The fourth-order valence-electron chi connectivity index (χ4n) is 1.23. The summed E-state index contributed by atoms with van der Waals surface area (Å²) >= 11 is 0. The Bertz CT molecular complexity index is 369. The molecule has 0 spiro atoms. The summed E-state index contributed by atoms with van der Waals surface area (Å²) in [5.41, 5.74) is -0.218. The lowest BCUT2D eigenvalue weighted by atomic mass is 10.2. The Morgan fingerprint density at radius 1 is 1.14 bits per heavy atom. The minimum atomic E-state index is -1.88. The predicted octanol–water partition coefficient (Wildman–Crippen LogP) is 2.32. The summed E-state index contributed by atoms with van der Waals surface area (Å²) in [6.07, 6.45) is 0.326. The second-order valence-electron chi connectivity index (χ2n) is 4.20. The lowest BCUT2D eigenvalue weighted by Gasteiger charge is -2.17. The zero-order valence-electron chi connectivity index (χ0n) is 8.40. The van der Waals surface area contributed by atoms with Gasteiger partial charge in [-0.05, 0) is 11.3 Å². The van der Waals surface area contributed by atoms with Gasteiger partial charge in [0, 0.05) is 0 Å². The molecule has 1 nitrogen and oxygen atoms in total. The maximum absolute atomic E-state index is 13.4. The van der Waals surface area contributed by atoms with Gasteiger partial charge in [-0.3, -0.25) is 4.79 Å². The van der Waals surface area contributed by atoms with Gasteiger partial charge >= 0.3 is 0 Å². The molecule has 0 amide bonds. The van der Waals surface area contributed by atoms with Crippen molar-refractivity contribution in [1.29, 1.82) is 0 Å². The first kappa shape index (κ1) is 11.0. The Balaban J connectivity index is 3.38. The van der Waals surface area contributed by atoms with Gasteiger partial charge in [-0.25, -0.2) is 8.78 Å². The number of halogens is 2. The smallest absolute Gasteiger partial charge is 0.169 e. The molecule has 0 N–H and O–H groups in total. The minimum absolute atomic E-state index is 0.218. The van der Waals surface area contributed by atoms with Crippen molar-refractivity contribution in [2.75, 3.05) is 0 Å². The van der Waals surface area contributed by atoms with Crippen LogP contribution in [0.3, 0.4) is 0 Å². The summed E-state index contributed by atoms with van der Waals surface area (Å²) in [7, 11) is -1.88. The van der Waals surface area contributed by atoms with E-state index in [1.165, 1.54) is 12.1 Å². The van der Waals surface area contributed by atoms with Crippen LogP contribution in [0.5, 0.6) is 0 Å². The second-order valence-corrected chi connectivity index (χ2v) is 9.24. The van der Waals surface area contributed by atoms with E-state index in [0.717, 1.165) is 0 Å². The van der Waals surface area contributed by atoms with Gasteiger partial charge < -0.3 is 0 Å². The first-order chi connectivity index (χ1) is 6.38. The molecule has 0 aliphatic carbocycles. The summed E-state index contributed by atoms with van der Waals surface area (Å²) in [6, 6.07) is 2.84. The van der Waals surface area contributed by atoms with Crippen LogP contribution in [0.2, 0.25) is 19.6 Å². The maximum Gasteiger partial charge on any atom is 0.169 e. The fraction of sp³-hybridized carbons (Fsp3) is 0.300. The lowest BCUT2D eigenvalue weighted by Crippen LogP contribution is -2.40. The largest absolute Gasteiger partial charge is 0.298 e. The van der Waals surface area contributed by atoms with E-state index >= 15 is 0 Å². The Hall–Kier alpha value is -1.03. The van der Waals surface area contributed by atoms with Gasteiger partial charge in [0.1, 0.15) is 0 Å². The molecule has 1 aromatic carbocycles. The monoisotopic (exact) mass is 214 g/mol. The number of hydrogen-bond donors (Lipinski definition) is 0. The molecule has 0 unspecified atom stereocenters. The molecule has 0 atom stereocenters. The molecule has 1 aromatic rings. The van der Waals surface area contributed by atoms with E-state index in [9.17, 15) is 13.6 Å².